The van der Waals surface area contributed by atoms with Crippen LogP contribution < -0.4 is 22.5 Å². The highest BCUT2D eigenvalue weighted by atomic mass is 16.6. The van der Waals surface area contributed by atoms with E-state index >= 15 is 0 Å². The van der Waals surface area contributed by atoms with Crippen LogP contribution in [0.5, 0.6) is 0 Å². The number of ketones is 1. The lowest BCUT2D eigenvalue weighted by atomic mass is 9.47. The number of nitrogens with zero attached hydrogens (tertiary/aromatic N) is 1. The fourth-order valence-electron chi connectivity index (χ4n) is 10.9. The van der Waals surface area contributed by atoms with Crippen LogP contribution in [-0.4, -0.2) is 62.8 Å². The number of guanidine groups is 1. The van der Waals surface area contributed by atoms with E-state index in [1.807, 2.05) is 0 Å². The van der Waals surface area contributed by atoms with Gasteiger partial charge in [-0.3, -0.25) is 9.79 Å². The highest BCUT2D eigenvalue weighted by Gasteiger charge is 2.59. The monoisotopic (exact) mass is 728 g/mol. The summed E-state index contributed by atoms with van der Waals surface area (Å²) < 4.78 is 17.2. The smallest absolute Gasteiger partial charge is 0.332 e. The highest BCUT2D eigenvalue weighted by Crippen LogP contribution is 2.67. The van der Waals surface area contributed by atoms with Gasteiger partial charge in [0, 0.05) is 26.0 Å². The Balaban J connectivity index is 1.13. The van der Waals surface area contributed by atoms with Crippen LogP contribution in [-0.2, 0) is 23.8 Å². The lowest BCUT2D eigenvalue weighted by Crippen LogP contribution is -2.51. The third-order valence-corrected chi connectivity index (χ3v) is 13.6. The number of nitrogens with two attached hydrogens (primary N) is 3. The molecular formula is C42H73N5O5. The predicted octanol–water partition coefficient (Wildman–Crippen LogP) is 6.76. The average Bonchev–Trinajstić information content (AvgIpc) is 3.44. The van der Waals surface area contributed by atoms with E-state index in [2.05, 4.69) is 57.6 Å². The summed E-state index contributed by atoms with van der Waals surface area (Å²) in [6.07, 6.45) is 18.4. The normalized spacial score (nSPS) is 30.7. The number of ether oxygens (including phenoxy) is 3. The maximum atomic E-state index is 12.7. The molecule has 0 saturated heterocycles. The maximum Gasteiger partial charge on any atom is 0.332 e. The summed E-state index contributed by atoms with van der Waals surface area (Å²) in [5.41, 5.74) is 18.7. The first-order valence-electron chi connectivity index (χ1n) is 20.6. The molecule has 0 amide bonds. The number of carbonyl (C=O) groups excluding carboxylic acids is 2. The van der Waals surface area contributed by atoms with Gasteiger partial charge in [0.15, 0.2) is 11.7 Å². The molecule has 7 N–H and O–H groups in total. The summed E-state index contributed by atoms with van der Waals surface area (Å²) >= 11 is 0. The molecule has 0 aliphatic heterocycles. The van der Waals surface area contributed by atoms with Gasteiger partial charge in [-0.25, -0.2) is 4.79 Å². The fourth-order valence-corrected chi connectivity index (χ4v) is 10.9. The van der Waals surface area contributed by atoms with Gasteiger partial charge in [-0.1, -0.05) is 72.1 Å². The quantitative estimate of drug-likeness (QED) is 0.0310. The molecule has 296 valence electrons. The van der Waals surface area contributed by atoms with Crippen molar-refractivity contribution in [2.75, 3.05) is 33.0 Å². The van der Waals surface area contributed by atoms with Crippen LogP contribution in [0, 0.1) is 46.3 Å². The largest absolute Gasteiger partial charge is 0.460 e. The van der Waals surface area contributed by atoms with E-state index in [1.54, 1.807) is 0 Å². The minimum atomic E-state index is -0.438. The Kier molecular flexibility index (Phi) is 15.9. The number of rotatable bonds is 22. The van der Waals surface area contributed by atoms with Crippen molar-refractivity contribution in [1.82, 2.24) is 5.32 Å². The topological polar surface area (TPSA) is 164 Å². The number of Topliss-reactive ketones (excluding diaryl/α,β-unsaturated/α-hetero) is 1. The summed E-state index contributed by atoms with van der Waals surface area (Å²) in [6, 6.07) is -0.438. The zero-order valence-corrected chi connectivity index (χ0v) is 33.3. The fraction of sp³-hybridized carbons (Fsp3) is 0.833. The molecule has 0 aromatic carbocycles. The van der Waals surface area contributed by atoms with Crippen molar-refractivity contribution in [2.45, 2.75) is 143 Å². The van der Waals surface area contributed by atoms with Gasteiger partial charge in [0.05, 0.1) is 25.1 Å². The first kappa shape index (κ1) is 42.2. The van der Waals surface area contributed by atoms with E-state index in [9.17, 15) is 9.59 Å². The van der Waals surface area contributed by atoms with E-state index in [0.29, 0.717) is 57.5 Å². The van der Waals surface area contributed by atoms with Crippen LogP contribution in [0.25, 0.3) is 0 Å². The van der Waals surface area contributed by atoms with Crippen molar-refractivity contribution in [1.29, 1.82) is 0 Å². The third kappa shape index (κ3) is 11.2. The SMILES string of the molecule is C=C(N)NC(CCCN=C(N)N)C(=O)CCCOCCOCC(=O)OC1CCC2(C)C(=CCC3C2CCC2(C)C(C(C)CCCC(C)C)CCC32)C1. The predicted molar refractivity (Wildman–Crippen MR) is 209 cm³/mol. The van der Waals surface area contributed by atoms with Gasteiger partial charge < -0.3 is 36.7 Å². The summed E-state index contributed by atoms with van der Waals surface area (Å²) in [5.74, 6) is 4.93. The molecule has 0 spiro atoms. The van der Waals surface area contributed by atoms with Gasteiger partial charge in [-0.05, 0) is 111 Å². The molecule has 3 fully saturated rings. The Labute approximate surface area is 314 Å². The molecule has 4 aliphatic rings. The number of esters is 1. The Bertz CT molecular complexity index is 1250. The lowest BCUT2D eigenvalue weighted by Gasteiger charge is -2.58. The third-order valence-electron chi connectivity index (χ3n) is 13.6. The van der Waals surface area contributed by atoms with Gasteiger partial charge in [-0.2, -0.15) is 0 Å². The molecule has 9 unspecified atom stereocenters. The number of hydrogen-bond donors (Lipinski definition) is 4. The summed E-state index contributed by atoms with van der Waals surface area (Å²) in [4.78, 5) is 29.4. The average molecular weight is 728 g/mol. The van der Waals surface area contributed by atoms with Crippen molar-refractivity contribution >= 4 is 17.7 Å². The first-order chi connectivity index (χ1) is 24.7. The molecule has 10 heteroatoms. The Morgan fingerprint density at radius 1 is 0.942 bits per heavy atom. The molecule has 52 heavy (non-hydrogen) atoms. The van der Waals surface area contributed by atoms with Crippen molar-refractivity contribution in [3.63, 3.8) is 0 Å². The zero-order chi connectivity index (χ0) is 37.9. The van der Waals surface area contributed by atoms with Crippen molar-refractivity contribution in [3.8, 4) is 0 Å². The summed E-state index contributed by atoms with van der Waals surface area (Å²) in [7, 11) is 0. The molecule has 4 aliphatic carbocycles. The maximum absolute atomic E-state index is 12.7. The molecule has 0 aromatic heterocycles. The molecular weight excluding hydrogens is 654 g/mol. The van der Waals surface area contributed by atoms with Gasteiger partial charge >= 0.3 is 5.97 Å². The minimum Gasteiger partial charge on any atom is -0.460 e. The molecule has 10 nitrogen and oxygen atoms in total. The van der Waals surface area contributed by atoms with E-state index in [1.165, 1.54) is 56.9 Å². The second-order valence-electron chi connectivity index (χ2n) is 17.6. The van der Waals surface area contributed by atoms with Crippen LogP contribution in [0.3, 0.4) is 0 Å². The number of aliphatic imine (C=N–C) groups is 1. The standard InChI is InChI=1S/C42H73N5O5/c1-28(2)10-7-11-29(3)34-16-17-35-33-15-14-31-26-32(18-20-41(31,5)36(33)19-21-42(34,35)6)52-39(49)27-51-25-24-50-23-9-13-38(48)37(47-30(4)43)12-8-22-46-40(44)45/h14,28-29,32-37,47H,4,7-13,15-27,43H2,1-3,5-6H3,(H4,44,45,46). The Morgan fingerprint density at radius 3 is 2.44 bits per heavy atom. The molecule has 0 aromatic rings. The molecule has 3 saturated carbocycles. The van der Waals surface area contributed by atoms with Crippen LogP contribution in [0.2, 0.25) is 0 Å². The Hall–Kier alpha value is -2.59. The van der Waals surface area contributed by atoms with E-state index in [4.69, 9.17) is 31.4 Å². The van der Waals surface area contributed by atoms with Gasteiger partial charge in [-0.15, -0.1) is 0 Å². The highest BCUT2D eigenvalue weighted by molar-refractivity contribution is 5.84. The number of allylic oxidation sites excluding steroid dienone is 1. The van der Waals surface area contributed by atoms with Crippen LogP contribution >= 0.6 is 0 Å². The van der Waals surface area contributed by atoms with E-state index < -0.39 is 6.04 Å². The molecule has 0 heterocycles. The van der Waals surface area contributed by atoms with Crippen LogP contribution in [0.4, 0.5) is 0 Å². The van der Waals surface area contributed by atoms with Crippen molar-refractivity contribution < 1.29 is 23.8 Å². The van der Waals surface area contributed by atoms with Gasteiger partial charge in [0.2, 0.25) is 0 Å². The lowest BCUT2D eigenvalue weighted by molar-refractivity contribution is -0.157. The number of carbonyl (C=O) groups is 2. The van der Waals surface area contributed by atoms with Gasteiger partial charge in [0.1, 0.15) is 12.7 Å². The first-order valence-corrected chi connectivity index (χ1v) is 20.6. The van der Waals surface area contributed by atoms with Crippen molar-refractivity contribution in [3.05, 3.63) is 24.0 Å². The molecule has 9 atom stereocenters. The second kappa shape index (κ2) is 19.7. The number of nitrogens with one attached hydrogen (secondary N) is 1. The molecule has 0 radical (unpaired) electrons. The van der Waals surface area contributed by atoms with Crippen molar-refractivity contribution in [2.24, 2.45) is 68.5 Å². The summed E-state index contributed by atoms with van der Waals surface area (Å²) in [5, 5.41) is 2.94. The van der Waals surface area contributed by atoms with Crippen LogP contribution in [0.15, 0.2) is 29.0 Å². The molecule has 4 rings (SSSR count). The van der Waals surface area contributed by atoms with E-state index in [0.717, 1.165) is 54.8 Å². The Morgan fingerprint density at radius 2 is 1.71 bits per heavy atom. The number of hydrogen-bond acceptors (Lipinski definition) is 8. The van der Waals surface area contributed by atoms with Gasteiger partial charge in [0.25, 0.3) is 0 Å². The van der Waals surface area contributed by atoms with Crippen LogP contribution in [0.1, 0.15) is 131 Å². The number of fused-ring (bicyclic) bond motifs is 5. The van der Waals surface area contributed by atoms with E-state index in [-0.39, 0.29) is 41.7 Å². The zero-order valence-electron chi connectivity index (χ0n) is 33.3. The summed E-state index contributed by atoms with van der Waals surface area (Å²) in [6.45, 7) is 17.5. The molecule has 0 bridgehead atoms. The minimum absolute atomic E-state index is 0.0320. The second-order valence-corrected chi connectivity index (χ2v) is 17.6.